The topological polar surface area (TPSA) is 50.8 Å². The van der Waals surface area contributed by atoms with Crippen molar-refractivity contribution in [3.8, 4) is 0 Å². The van der Waals surface area contributed by atoms with Crippen molar-refractivity contribution in [1.82, 2.24) is 15.2 Å². The number of aromatic nitrogens is 3. The van der Waals surface area contributed by atoms with Crippen molar-refractivity contribution in [1.29, 1.82) is 0 Å². The van der Waals surface area contributed by atoms with E-state index in [0.29, 0.717) is 5.92 Å². The number of ether oxygens (including phenoxy) is 1. The van der Waals surface area contributed by atoms with Gasteiger partial charge in [0.05, 0.1) is 6.61 Å². The predicted molar refractivity (Wildman–Crippen MR) is 39.2 cm³/mol. The van der Waals surface area contributed by atoms with Gasteiger partial charge >= 0.3 is 0 Å². The van der Waals surface area contributed by atoms with Crippen LogP contribution in [0.4, 0.5) is 0 Å². The molecule has 1 saturated heterocycles. The fraction of sp³-hybridized carbons (Fsp3) is 0.714. The van der Waals surface area contributed by atoms with Crippen molar-refractivity contribution in [2.24, 2.45) is 0 Å². The summed E-state index contributed by atoms with van der Waals surface area (Å²) in [6, 6.07) is 0. The highest BCUT2D eigenvalue weighted by molar-refractivity contribution is 4.93. The Labute approximate surface area is 65.0 Å². The second-order valence-electron chi connectivity index (χ2n) is 2.78. The molecule has 2 heterocycles. The van der Waals surface area contributed by atoms with Gasteiger partial charge in [-0.15, -0.1) is 0 Å². The van der Waals surface area contributed by atoms with Crippen LogP contribution in [0.3, 0.4) is 0 Å². The van der Waals surface area contributed by atoms with Crippen LogP contribution in [-0.2, 0) is 4.74 Å². The van der Waals surface area contributed by atoms with Gasteiger partial charge in [-0.3, -0.25) is 5.10 Å². The molecule has 60 valence electrons. The molecule has 1 aliphatic rings. The van der Waals surface area contributed by atoms with Crippen LogP contribution in [0.15, 0.2) is 6.33 Å². The largest absolute Gasteiger partial charge is 0.381 e. The van der Waals surface area contributed by atoms with Crippen molar-refractivity contribution < 1.29 is 4.74 Å². The van der Waals surface area contributed by atoms with Gasteiger partial charge in [-0.25, -0.2) is 4.98 Å². The van der Waals surface area contributed by atoms with E-state index in [1.165, 1.54) is 0 Å². The van der Waals surface area contributed by atoms with Gasteiger partial charge in [-0.2, -0.15) is 5.10 Å². The number of aromatic amines is 1. The Morgan fingerprint density at radius 2 is 2.64 bits per heavy atom. The quantitative estimate of drug-likeness (QED) is 0.646. The molecule has 0 bridgehead atoms. The predicted octanol–water partition coefficient (Wildman–Crippen LogP) is 0.699. The van der Waals surface area contributed by atoms with Crippen LogP contribution in [0.5, 0.6) is 0 Å². The van der Waals surface area contributed by atoms with Crippen LogP contribution in [0.1, 0.15) is 24.6 Å². The number of hydrogen-bond acceptors (Lipinski definition) is 3. The number of hydrogen-bond donors (Lipinski definition) is 1. The molecule has 4 nitrogen and oxygen atoms in total. The lowest BCUT2D eigenvalue weighted by atomic mass is 10.0. The molecule has 2 rings (SSSR count). The smallest absolute Gasteiger partial charge is 0.137 e. The standard InChI is InChI=1S/C7H11N3O/c1-2-6(4-11-3-1)7-8-5-9-10-7/h5-6H,1-4H2,(H,8,9,10). The lowest BCUT2D eigenvalue weighted by molar-refractivity contribution is 0.0781. The highest BCUT2D eigenvalue weighted by Crippen LogP contribution is 2.21. The van der Waals surface area contributed by atoms with Crippen LogP contribution < -0.4 is 0 Å². The van der Waals surface area contributed by atoms with E-state index in [2.05, 4.69) is 15.2 Å². The molecule has 1 aromatic heterocycles. The molecule has 0 aliphatic carbocycles. The van der Waals surface area contributed by atoms with Crippen molar-refractivity contribution >= 4 is 0 Å². The maximum Gasteiger partial charge on any atom is 0.137 e. The summed E-state index contributed by atoms with van der Waals surface area (Å²) in [5.74, 6) is 1.40. The van der Waals surface area contributed by atoms with E-state index in [0.717, 1.165) is 31.9 Å². The molecule has 1 N–H and O–H groups in total. The molecular formula is C7H11N3O. The molecule has 1 fully saturated rings. The summed E-state index contributed by atoms with van der Waals surface area (Å²) in [6.07, 6.45) is 3.84. The van der Waals surface area contributed by atoms with Gasteiger partial charge in [0.2, 0.25) is 0 Å². The summed E-state index contributed by atoms with van der Waals surface area (Å²) in [4.78, 5) is 4.09. The third kappa shape index (κ3) is 1.40. The molecule has 0 aromatic carbocycles. The fourth-order valence-electron chi connectivity index (χ4n) is 1.37. The summed E-state index contributed by atoms with van der Waals surface area (Å²) in [7, 11) is 0. The van der Waals surface area contributed by atoms with E-state index in [4.69, 9.17) is 4.74 Å². The van der Waals surface area contributed by atoms with Gasteiger partial charge in [0.15, 0.2) is 0 Å². The highest BCUT2D eigenvalue weighted by Gasteiger charge is 2.17. The summed E-state index contributed by atoms with van der Waals surface area (Å²) in [5.41, 5.74) is 0. The average Bonchev–Trinajstić information content (AvgIpc) is 2.58. The average molecular weight is 153 g/mol. The third-order valence-electron chi connectivity index (χ3n) is 1.98. The Hall–Kier alpha value is -0.900. The number of nitrogens with zero attached hydrogens (tertiary/aromatic N) is 2. The van der Waals surface area contributed by atoms with Crippen LogP contribution in [0.25, 0.3) is 0 Å². The zero-order valence-electron chi connectivity index (χ0n) is 6.29. The zero-order chi connectivity index (χ0) is 7.52. The lowest BCUT2D eigenvalue weighted by Gasteiger charge is -2.19. The van der Waals surface area contributed by atoms with Gasteiger partial charge in [0.1, 0.15) is 12.2 Å². The van der Waals surface area contributed by atoms with E-state index >= 15 is 0 Å². The Bertz CT molecular complexity index is 203. The first kappa shape index (κ1) is 6.79. The molecule has 0 spiro atoms. The van der Waals surface area contributed by atoms with Gasteiger partial charge in [-0.1, -0.05) is 0 Å². The molecule has 0 saturated carbocycles. The first-order valence-electron chi connectivity index (χ1n) is 3.90. The first-order valence-corrected chi connectivity index (χ1v) is 3.90. The number of nitrogens with one attached hydrogen (secondary N) is 1. The molecule has 1 unspecified atom stereocenters. The van der Waals surface area contributed by atoms with Crippen LogP contribution in [-0.4, -0.2) is 28.4 Å². The molecule has 4 heteroatoms. The van der Waals surface area contributed by atoms with Crippen LogP contribution in [0, 0.1) is 0 Å². The second kappa shape index (κ2) is 3.00. The highest BCUT2D eigenvalue weighted by atomic mass is 16.5. The molecular weight excluding hydrogens is 142 g/mol. The Morgan fingerprint density at radius 1 is 1.64 bits per heavy atom. The zero-order valence-corrected chi connectivity index (χ0v) is 6.29. The fourth-order valence-corrected chi connectivity index (χ4v) is 1.37. The Balaban J connectivity index is 2.04. The first-order chi connectivity index (χ1) is 5.47. The number of H-pyrrole nitrogens is 1. The number of rotatable bonds is 1. The lowest BCUT2D eigenvalue weighted by Crippen LogP contribution is -2.16. The normalized spacial score (nSPS) is 25.3. The minimum Gasteiger partial charge on any atom is -0.381 e. The van der Waals surface area contributed by atoms with E-state index in [-0.39, 0.29) is 0 Å². The van der Waals surface area contributed by atoms with Crippen molar-refractivity contribution in [3.05, 3.63) is 12.2 Å². The van der Waals surface area contributed by atoms with Gasteiger partial charge in [0.25, 0.3) is 0 Å². The molecule has 0 radical (unpaired) electrons. The molecule has 11 heavy (non-hydrogen) atoms. The monoisotopic (exact) mass is 153 g/mol. The summed E-state index contributed by atoms with van der Waals surface area (Å²) in [6.45, 7) is 1.68. The summed E-state index contributed by atoms with van der Waals surface area (Å²) >= 11 is 0. The van der Waals surface area contributed by atoms with E-state index < -0.39 is 0 Å². The minimum absolute atomic E-state index is 0.436. The Morgan fingerprint density at radius 3 is 3.27 bits per heavy atom. The maximum absolute atomic E-state index is 5.32. The van der Waals surface area contributed by atoms with E-state index in [1.807, 2.05) is 0 Å². The van der Waals surface area contributed by atoms with E-state index in [1.54, 1.807) is 6.33 Å². The van der Waals surface area contributed by atoms with Gasteiger partial charge in [-0.05, 0) is 12.8 Å². The summed E-state index contributed by atoms with van der Waals surface area (Å²) in [5, 5.41) is 6.67. The molecule has 1 aliphatic heterocycles. The minimum atomic E-state index is 0.436. The molecule has 1 atom stereocenters. The third-order valence-corrected chi connectivity index (χ3v) is 1.98. The van der Waals surface area contributed by atoms with Crippen molar-refractivity contribution in [2.75, 3.05) is 13.2 Å². The second-order valence-corrected chi connectivity index (χ2v) is 2.78. The molecule has 1 aromatic rings. The summed E-state index contributed by atoms with van der Waals surface area (Å²) < 4.78 is 5.32. The van der Waals surface area contributed by atoms with Crippen molar-refractivity contribution in [2.45, 2.75) is 18.8 Å². The SMILES string of the molecule is c1n[nH]c(C2CCCOC2)n1. The van der Waals surface area contributed by atoms with Gasteiger partial charge in [0, 0.05) is 12.5 Å². The Kier molecular flexibility index (Phi) is 1.85. The van der Waals surface area contributed by atoms with Crippen molar-refractivity contribution in [3.63, 3.8) is 0 Å². The van der Waals surface area contributed by atoms with Crippen LogP contribution in [0.2, 0.25) is 0 Å². The van der Waals surface area contributed by atoms with Gasteiger partial charge < -0.3 is 4.74 Å². The maximum atomic E-state index is 5.32. The van der Waals surface area contributed by atoms with Crippen LogP contribution >= 0.6 is 0 Å². The van der Waals surface area contributed by atoms with E-state index in [9.17, 15) is 0 Å². The molecule has 0 amide bonds.